The number of rotatable bonds is 6. The molecule has 152 valence electrons. The normalized spacial score (nSPS) is 15.5. The maximum absolute atomic E-state index is 12.5. The van der Waals surface area contributed by atoms with Crippen molar-refractivity contribution in [2.45, 2.75) is 13.3 Å². The van der Waals surface area contributed by atoms with Crippen LogP contribution in [0.1, 0.15) is 12.2 Å². The zero-order valence-corrected chi connectivity index (χ0v) is 17.4. The van der Waals surface area contributed by atoms with Gasteiger partial charge in [-0.1, -0.05) is 0 Å². The molecule has 8 nitrogen and oxygen atoms in total. The molecule has 0 atom stereocenters. The number of piperazine rings is 1. The quantitative estimate of drug-likeness (QED) is 0.666. The van der Waals surface area contributed by atoms with Crippen LogP contribution in [0.15, 0.2) is 34.2 Å². The molecule has 1 N–H and O–H groups in total. The number of anilines is 1. The van der Waals surface area contributed by atoms with Gasteiger partial charge < -0.3 is 19.5 Å². The van der Waals surface area contributed by atoms with Gasteiger partial charge in [0, 0.05) is 56.8 Å². The van der Waals surface area contributed by atoms with E-state index in [1.54, 1.807) is 12.3 Å². The number of aryl methyl sites for hydroxylation is 1. The van der Waals surface area contributed by atoms with E-state index < -0.39 is 0 Å². The van der Waals surface area contributed by atoms with Crippen LogP contribution in [0, 0.1) is 6.92 Å². The van der Waals surface area contributed by atoms with Gasteiger partial charge in [0.05, 0.1) is 0 Å². The number of likely N-dealkylation sites (N-methyl/N-ethyl adjacent to an activating group) is 1. The fourth-order valence-electron chi connectivity index (χ4n) is 3.17. The van der Waals surface area contributed by atoms with E-state index in [0.717, 1.165) is 43.5 Å². The van der Waals surface area contributed by atoms with E-state index in [9.17, 15) is 4.79 Å². The van der Waals surface area contributed by atoms with Gasteiger partial charge >= 0.3 is 0 Å². The Kier molecular flexibility index (Phi) is 5.98. The van der Waals surface area contributed by atoms with Gasteiger partial charge in [0.2, 0.25) is 5.91 Å². The molecular formula is C20H24N6O2S. The number of hydrogen-bond donors (Lipinski definition) is 1. The van der Waals surface area contributed by atoms with E-state index in [2.05, 4.69) is 37.1 Å². The van der Waals surface area contributed by atoms with Gasteiger partial charge in [-0.15, -0.1) is 11.3 Å². The third-order valence-electron chi connectivity index (χ3n) is 4.86. The zero-order chi connectivity index (χ0) is 20.2. The van der Waals surface area contributed by atoms with Crippen molar-refractivity contribution in [2.24, 2.45) is 0 Å². The van der Waals surface area contributed by atoms with Crippen LogP contribution in [0.2, 0.25) is 0 Å². The number of hydrogen-bond acceptors (Lipinski definition) is 8. The van der Waals surface area contributed by atoms with Gasteiger partial charge in [0.1, 0.15) is 22.3 Å². The third kappa shape index (κ3) is 5.06. The lowest BCUT2D eigenvalue weighted by molar-refractivity contribution is -0.116. The fraction of sp³-hybridized carbons (Fsp3) is 0.400. The van der Waals surface area contributed by atoms with Gasteiger partial charge in [-0.05, 0) is 26.1 Å². The molecule has 1 amide bonds. The molecular weight excluding hydrogens is 388 g/mol. The number of aromatic nitrogens is 3. The number of furan rings is 1. The molecule has 0 saturated carbocycles. The highest BCUT2D eigenvalue weighted by Crippen LogP contribution is 2.26. The van der Waals surface area contributed by atoms with Gasteiger partial charge in [-0.3, -0.25) is 4.79 Å². The highest BCUT2D eigenvalue weighted by molar-refractivity contribution is 7.13. The van der Waals surface area contributed by atoms with Crippen molar-refractivity contribution in [2.75, 3.05) is 45.1 Å². The molecule has 0 bridgehead atoms. The van der Waals surface area contributed by atoms with Gasteiger partial charge in [-0.2, -0.15) is 0 Å². The average Bonchev–Trinajstić information content (AvgIpc) is 3.39. The summed E-state index contributed by atoms with van der Waals surface area (Å²) in [5.41, 5.74) is 0.661. The Morgan fingerprint density at radius 2 is 2.07 bits per heavy atom. The highest BCUT2D eigenvalue weighted by Gasteiger charge is 2.17. The number of carbonyl (C=O) groups is 1. The number of nitrogens with one attached hydrogen (secondary N) is 1. The van der Waals surface area contributed by atoms with Gasteiger partial charge in [0.25, 0.3) is 0 Å². The summed E-state index contributed by atoms with van der Waals surface area (Å²) in [6, 6.07) is 5.45. The smallest absolute Gasteiger partial charge is 0.226 e. The van der Waals surface area contributed by atoms with Crippen molar-refractivity contribution >= 4 is 23.1 Å². The summed E-state index contributed by atoms with van der Waals surface area (Å²) in [5.74, 6) is 2.17. The van der Waals surface area contributed by atoms with E-state index in [-0.39, 0.29) is 5.91 Å². The fourth-order valence-corrected chi connectivity index (χ4v) is 3.77. The molecule has 1 saturated heterocycles. The van der Waals surface area contributed by atoms with E-state index in [1.165, 1.54) is 11.3 Å². The zero-order valence-electron chi connectivity index (χ0n) is 16.6. The highest BCUT2D eigenvalue weighted by atomic mass is 32.1. The first kappa shape index (κ1) is 19.7. The standard InChI is InChI=1S/C20H24N6O2S/c1-14-3-4-16(28-14)19-22-15(20-21-6-12-29-20)13-17(24-19)23-18(27)5-7-26-10-8-25(2)9-11-26/h3-4,6,12-13H,5,7-11H2,1-2H3,(H,22,23,24,27). The summed E-state index contributed by atoms with van der Waals surface area (Å²) in [6.45, 7) is 6.68. The monoisotopic (exact) mass is 412 g/mol. The van der Waals surface area contributed by atoms with E-state index in [1.807, 2.05) is 24.4 Å². The SMILES string of the molecule is Cc1ccc(-c2nc(NC(=O)CCN3CCN(C)CC3)cc(-c3nccs3)n2)o1. The van der Waals surface area contributed by atoms with E-state index in [4.69, 9.17) is 4.42 Å². The van der Waals surface area contributed by atoms with Gasteiger partial charge in [-0.25, -0.2) is 15.0 Å². The minimum atomic E-state index is -0.0608. The molecule has 1 aliphatic rings. The predicted molar refractivity (Wildman–Crippen MR) is 113 cm³/mol. The summed E-state index contributed by atoms with van der Waals surface area (Å²) in [4.78, 5) is 30.5. The Morgan fingerprint density at radius 3 is 2.76 bits per heavy atom. The van der Waals surface area contributed by atoms with Crippen molar-refractivity contribution in [3.8, 4) is 22.3 Å². The minimum absolute atomic E-state index is 0.0608. The second-order valence-electron chi connectivity index (χ2n) is 7.15. The Bertz CT molecular complexity index is 963. The second-order valence-corrected chi connectivity index (χ2v) is 8.05. The lowest BCUT2D eigenvalue weighted by atomic mass is 10.3. The second kappa shape index (κ2) is 8.81. The molecule has 4 rings (SSSR count). The number of nitrogens with zero attached hydrogens (tertiary/aromatic N) is 5. The lowest BCUT2D eigenvalue weighted by Gasteiger charge is -2.32. The van der Waals surface area contributed by atoms with Gasteiger partial charge in [0.15, 0.2) is 11.6 Å². The Balaban J connectivity index is 1.48. The van der Waals surface area contributed by atoms with Crippen LogP contribution in [-0.4, -0.2) is 70.4 Å². The lowest BCUT2D eigenvalue weighted by Crippen LogP contribution is -2.45. The van der Waals surface area contributed by atoms with Crippen LogP contribution in [0.3, 0.4) is 0 Å². The Labute approximate surface area is 173 Å². The summed E-state index contributed by atoms with van der Waals surface area (Å²) < 4.78 is 5.67. The number of carbonyl (C=O) groups excluding carboxylic acids is 1. The molecule has 1 aliphatic heterocycles. The minimum Gasteiger partial charge on any atom is -0.458 e. The van der Waals surface area contributed by atoms with Crippen molar-refractivity contribution in [3.05, 3.63) is 35.5 Å². The van der Waals surface area contributed by atoms with E-state index >= 15 is 0 Å². The van der Waals surface area contributed by atoms with Crippen LogP contribution in [0.5, 0.6) is 0 Å². The van der Waals surface area contributed by atoms with Crippen LogP contribution < -0.4 is 5.32 Å². The first-order valence-electron chi connectivity index (χ1n) is 9.63. The maximum atomic E-state index is 12.5. The van der Waals surface area contributed by atoms with E-state index in [0.29, 0.717) is 29.5 Å². The molecule has 29 heavy (non-hydrogen) atoms. The summed E-state index contributed by atoms with van der Waals surface area (Å²) in [7, 11) is 2.12. The number of thiazole rings is 1. The van der Waals surface area contributed by atoms with Crippen molar-refractivity contribution in [3.63, 3.8) is 0 Å². The summed E-state index contributed by atoms with van der Waals surface area (Å²) in [5, 5.41) is 5.58. The molecule has 0 unspecified atom stereocenters. The number of amides is 1. The molecule has 3 aromatic rings. The molecule has 0 spiro atoms. The molecule has 0 radical (unpaired) electrons. The van der Waals surface area contributed by atoms with Crippen molar-refractivity contribution in [1.29, 1.82) is 0 Å². The molecule has 3 aromatic heterocycles. The largest absolute Gasteiger partial charge is 0.458 e. The molecule has 1 fully saturated rings. The third-order valence-corrected chi connectivity index (χ3v) is 5.65. The molecule has 0 aromatic carbocycles. The summed E-state index contributed by atoms with van der Waals surface area (Å²) in [6.07, 6.45) is 2.16. The first-order chi connectivity index (χ1) is 14.1. The Hall–Kier alpha value is -2.62. The topological polar surface area (TPSA) is 87.4 Å². The van der Waals surface area contributed by atoms with Crippen LogP contribution in [0.25, 0.3) is 22.3 Å². The maximum Gasteiger partial charge on any atom is 0.226 e. The average molecular weight is 413 g/mol. The summed E-state index contributed by atoms with van der Waals surface area (Å²) >= 11 is 1.49. The molecule has 4 heterocycles. The predicted octanol–water partition coefficient (Wildman–Crippen LogP) is 2.74. The first-order valence-corrected chi connectivity index (χ1v) is 10.5. The van der Waals surface area contributed by atoms with Crippen LogP contribution in [0.4, 0.5) is 5.82 Å². The van der Waals surface area contributed by atoms with Crippen molar-refractivity contribution in [1.82, 2.24) is 24.8 Å². The molecule has 9 heteroatoms. The Morgan fingerprint density at radius 1 is 1.24 bits per heavy atom. The molecule has 0 aliphatic carbocycles. The van der Waals surface area contributed by atoms with Crippen LogP contribution >= 0.6 is 11.3 Å². The van der Waals surface area contributed by atoms with Crippen molar-refractivity contribution < 1.29 is 9.21 Å². The van der Waals surface area contributed by atoms with Crippen LogP contribution in [-0.2, 0) is 4.79 Å².